The van der Waals surface area contributed by atoms with E-state index in [1.807, 2.05) is 0 Å². The maximum Gasteiger partial charge on any atom is 0.0159 e. The molecule has 0 fully saturated rings. The highest BCUT2D eigenvalue weighted by molar-refractivity contribution is 6.16. The van der Waals surface area contributed by atoms with Gasteiger partial charge in [0.2, 0.25) is 0 Å². The van der Waals surface area contributed by atoms with E-state index in [9.17, 15) is 0 Å². The summed E-state index contributed by atoms with van der Waals surface area (Å²) in [6.07, 6.45) is 0. The number of rotatable bonds is 4. The van der Waals surface area contributed by atoms with Gasteiger partial charge in [0, 0.05) is 5.41 Å². The van der Waals surface area contributed by atoms with Crippen LogP contribution in [-0.2, 0) is 5.41 Å². The molecule has 0 nitrogen and oxygen atoms in total. The van der Waals surface area contributed by atoms with Gasteiger partial charge in [0.05, 0.1) is 0 Å². The molecule has 1 aliphatic carbocycles. The molecule has 0 heterocycles. The first-order chi connectivity index (χ1) is 20.1. The minimum atomic E-state index is -0.0969. The highest BCUT2D eigenvalue weighted by atomic mass is 14.4. The Hall–Kier alpha value is -4.94. The van der Waals surface area contributed by atoms with E-state index in [4.69, 9.17) is 0 Å². The van der Waals surface area contributed by atoms with Crippen LogP contribution in [0.5, 0.6) is 0 Å². The van der Waals surface area contributed by atoms with E-state index in [1.54, 1.807) is 0 Å². The Morgan fingerprint density at radius 3 is 1.10 bits per heavy atom. The van der Waals surface area contributed by atoms with Crippen LogP contribution < -0.4 is 0 Å². The summed E-state index contributed by atoms with van der Waals surface area (Å²) in [6.45, 7) is 4.79. The van der Waals surface area contributed by atoms with Gasteiger partial charge in [-0.15, -0.1) is 0 Å². The predicted molar refractivity (Wildman–Crippen MR) is 175 cm³/mol. The van der Waals surface area contributed by atoms with Gasteiger partial charge in [0.1, 0.15) is 0 Å². The second-order valence-electron chi connectivity index (χ2n) is 11.8. The topological polar surface area (TPSA) is 0 Å². The molecule has 1 aliphatic rings. The van der Waals surface area contributed by atoms with Crippen LogP contribution in [0.2, 0.25) is 0 Å². The van der Waals surface area contributed by atoms with Gasteiger partial charge in [-0.3, -0.25) is 0 Å². The van der Waals surface area contributed by atoms with Gasteiger partial charge in [-0.25, -0.2) is 0 Å². The Morgan fingerprint density at radius 2 is 0.683 bits per heavy atom. The van der Waals surface area contributed by atoms with E-state index in [0.717, 1.165) is 0 Å². The number of hydrogen-bond acceptors (Lipinski definition) is 0. The van der Waals surface area contributed by atoms with Gasteiger partial charge in [-0.05, 0) is 114 Å². The van der Waals surface area contributed by atoms with Gasteiger partial charge in [-0.1, -0.05) is 123 Å². The van der Waals surface area contributed by atoms with Crippen molar-refractivity contribution in [3.63, 3.8) is 0 Å². The van der Waals surface area contributed by atoms with Crippen molar-refractivity contribution in [1.82, 2.24) is 0 Å². The molecule has 0 aliphatic heterocycles. The summed E-state index contributed by atoms with van der Waals surface area (Å²) in [5, 5.41) is 5.46. The molecule has 41 heavy (non-hydrogen) atoms. The third kappa shape index (κ3) is 3.83. The van der Waals surface area contributed by atoms with Gasteiger partial charge in [-0.2, -0.15) is 0 Å². The molecule has 0 bridgehead atoms. The zero-order valence-electron chi connectivity index (χ0n) is 23.4. The highest BCUT2D eigenvalue weighted by Crippen LogP contribution is 2.51. The third-order valence-corrected chi connectivity index (χ3v) is 8.98. The second-order valence-corrected chi connectivity index (χ2v) is 11.8. The number of hydrogen-bond donors (Lipinski definition) is 0. The number of benzene rings is 7. The van der Waals surface area contributed by atoms with Crippen LogP contribution in [0.1, 0.15) is 25.0 Å². The lowest BCUT2D eigenvalue weighted by atomic mass is 9.80. The Labute approximate surface area is 241 Å². The smallest absolute Gasteiger partial charge is 0.0159 e. The molecular weight excluding hydrogens is 492 g/mol. The largest absolute Gasteiger partial charge is 0.0622 e. The van der Waals surface area contributed by atoms with E-state index < -0.39 is 0 Å². The Balaban J connectivity index is 1.26. The van der Waals surface area contributed by atoms with E-state index in [2.05, 4.69) is 159 Å². The van der Waals surface area contributed by atoms with Crippen LogP contribution in [0.4, 0.5) is 0 Å². The highest BCUT2D eigenvalue weighted by Gasteiger charge is 2.35. The Kier molecular flexibility index (Phi) is 5.27. The van der Waals surface area contributed by atoms with Crippen LogP contribution in [0.3, 0.4) is 0 Å². The van der Waals surface area contributed by atoms with Crippen LogP contribution >= 0.6 is 0 Å². The zero-order chi connectivity index (χ0) is 27.6. The molecule has 8 rings (SSSR count). The molecule has 0 unspecified atom stereocenters. The van der Waals surface area contributed by atoms with E-state index in [0.29, 0.717) is 0 Å². The molecule has 0 radical (unpaired) electrons. The summed E-state index contributed by atoms with van der Waals surface area (Å²) in [7, 11) is 0. The normalized spacial score (nSPS) is 13.3. The van der Waals surface area contributed by atoms with E-state index in [-0.39, 0.29) is 5.41 Å². The van der Waals surface area contributed by atoms with Crippen molar-refractivity contribution < 1.29 is 0 Å². The molecule has 0 amide bonds. The molecule has 0 spiro atoms. The fourth-order valence-corrected chi connectivity index (χ4v) is 6.81. The standard InChI is InChI=1S/C41H30/c1-41(2)37-25-35(31-17-9-15-29(21-31)27-11-5-3-6-12-27)23-33-19-20-34-24-36(26-38(41)40(34)39(33)37)32-18-10-16-30(22-32)28-13-7-4-8-14-28/h3-26H,1-2H3. The summed E-state index contributed by atoms with van der Waals surface area (Å²) < 4.78 is 0. The lowest BCUT2D eigenvalue weighted by Crippen LogP contribution is -2.15. The van der Waals surface area contributed by atoms with Crippen LogP contribution in [-0.4, -0.2) is 0 Å². The molecule has 0 atom stereocenters. The lowest BCUT2D eigenvalue weighted by Gasteiger charge is -2.23. The Morgan fingerprint density at radius 1 is 0.317 bits per heavy atom. The molecule has 0 heteroatoms. The van der Waals surface area contributed by atoms with Gasteiger partial charge < -0.3 is 0 Å². The van der Waals surface area contributed by atoms with Crippen molar-refractivity contribution in [3.05, 3.63) is 157 Å². The van der Waals surface area contributed by atoms with Crippen molar-refractivity contribution >= 4 is 21.5 Å². The maximum absolute atomic E-state index is 2.45. The van der Waals surface area contributed by atoms with Crippen molar-refractivity contribution in [1.29, 1.82) is 0 Å². The lowest BCUT2D eigenvalue weighted by molar-refractivity contribution is 0.663. The third-order valence-electron chi connectivity index (χ3n) is 8.98. The summed E-state index contributed by atoms with van der Waals surface area (Å²) >= 11 is 0. The summed E-state index contributed by atoms with van der Waals surface area (Å²) in [5.41, 5.74) is 12.8. The van der Waals surface area contributed by atoms with Gasteiger partial charge >= 0.3 is 0 Å². The first-order valence-corrected chi connectivity index (χ1v) is 14.4. The molecule has 0 saturated heterocycles. The van der Waals surface area contributed by atoms with Crippen molar-refractivity contribution in [2.24, 2.45) is 0 Å². The average molecular weight is 523 g/mol. The molecule has 0 aromatic heterocycles. The van der Waals surface area contributed by atoms with Crippen LogP contribution in [0.15, 0.2) is 146 Å². The first kappa shape index (κ1) is 23.9. The average Bonchev–Trinajstić information content (AvgIpc) is 3.27. The monoisotopic (exact) mass is 522 g/mol. The first-order valence-electron chi connectivity index (χ1n) is 14.4. The van der Waals surface area contributed by atoms with Crippen LogP contribution in [0, 0.1) is 0 Å². The molecular formula is C41H30. The zero-order valence-corrected chi connectivity index (χ0v) is 23.4. The summed E-state index contributed by atoms with van der Waals surface area (Å²) in [6, 6.07) is 53.5. The maximum atomic E-state index is 2.45. The van der Waals surface area contributed by atoms with Crippen molar-refractivity contribution in [3.8, 4) is 44.5 Å². The van der Waals surface area contributed by atoms with E-state index in [1.165, 1.54) is 77.2 Å². The molecule has 0 N–H and O–H groups in total. The predicted octanol–water partition coefficient (Wildman–Crippen LogP) is 11.3. The SMILES string of the molecule is CC1(C)c2cc(-c3cccc(-c4ccccc4)c3)cc3ccc4cc(-c5cccc(-c6ccccc6)c5)cc1c4c23. The molecule has 7 aromatic carbocycles. The minimum absolute atomic E-state index is 0.0969. The minimum Gasteiger partial charge on any atom is -0.0622 e. The Bertz CT molecular complexity index is 1950. The summed E-state index contributed by atoms with van der Waals surface area (Å²) in [5.74, 6) is 0. The van der Waals surface area contributed by atoms with E-state index >= 15 is 0 Å². The fourth-order valence-electron chi connectivity index (χ4n) is 6.81. The quantitative estimate of drug-likeness (QED) is 0.202. The summed E-state index contributed by atoms with van der Waals surface area (Å²) in [4.78, 5) is 0. The van der Waals surface area contributed by atoms with Crippen LogP contribution in [0.25, 0.3) is 66.1 Å². The van der Waals surface area contributed by atoms with Gasteiger partial charge in [0.25, 0.3) is 0 Å². The van der Waals surface area contributed by atoms with Gasteiger partial charge in [0.15, 0.2) is 0 Å². The van der Waals surface area contributed by atoms with Crippen molar-refractivity contribution in [2.75, 3.05) is 0 Å². The molecule has 0 saturated carbocycles. The molecule has 194 valence electrons. The fraction of sp³-hybridized carbons (Fsp3) is 0.0732. The van der Waals surface area contributed by atoms with Crippen molar-refractivity contribution in [2.45, 2.75) is 19.3 Å². The molecule has 7 aromatic rings. The second kappa shape index (κ2) is 9.04.